The highest BCUT2D eigenvalue weighted by Crippen LogP contribution is 2.31. The second-order valence-corrected chi connectivity index (χ2v) is 4.60. The molecule has 0 radical (unpaired) electrons. The highest BCUT2D eigenvalue weighted by Gasteiger charge is 2.12. The molecule has 2 heteroatoms. The lowest BCUT2D eigenvalue weighted by atomic mass is 10.1. The van der Waals surface area contributed by atoms with E-state index in [1.165, 1.54) is 27.8 Å². The molecule has 3 rings (SSSR count). The maximum absolute atomic E-state index is 3.56. The van der Waals surface area contributed by atoms with Gasteiger partial charge in [-0.1, -0.05) is 36.4 Å². The quantitative estimate of drug-likeness (QED) is 0.787. The van der Waals surface area contributed by atoms with Crippen molar-refractivity contribution in [1.29, 1.82) is 0 Å². The molecule has 0 unspecified atom stereocenters. The van der Waals surface area contributed by atoms with Crippen LogP contribution in [0, 0.1) is 0 Å². The molecule has 1 aliphatic carbocycles. The molecule has 0 saturated carbocycles. The number of rotatable bonds is 1. The zero-order chi connectivity index (χ0) is 11.8. The van der Waals surface area contributed by atoms with Gasteiger partial charge in [0, 0.05) is 37.2 Å². The number of hydrogen-bond acceptors (Lipinski definition) is 1. The van der Waals surface area contributed by atoms with Gasteiger partial charge in [0.15, 0.2) is 0 Å². The average molecular weight is 224 g/mol. The van der Waals surface area contributed by atoms with Crippen LogP contribution < -0.4 is 4.90 Å². The lowest BCUT2D eigenvalue weighted by Gasteiger charge is -2.13. The SMILES string of the molecule is CN(C)c1cccc2c3c([nH]c12)CC=CC=C3. The molecular weight excluding hydrogens is 208 g/mol. The van der Waals surface area contributed by atoms with Gasteiger partial charge in [0.25, 0.3) is 0 Å². The molecule has 1 heterocycles. The summed E-state index contributed by atoms with van der Waals surface area (Å²) in [7, 11) is 4.16. The Labute approximate surface area is 101 Å². The van der Waals surface area contributed by atoms with Crippen LogP contribution >= 0.6 is 0 Å². The number of aromatic amines is 1. The van der Waals surface area contributed by atoms with Gasteiger partial charge >= 0.3 is 0 Å². The third-order valence-electron chi connectivity index (χ3n) is 3.25. The molecule has 0 bridgehead atoms. The number of benzene rings is 1. The van der Waals surface area contributed by atoms with E-state index in [0.29, 0.717) is 0 Å². The van der Waals surface area contributed by atoms with Crippen LogP contribution in [0.2, 0.25) is 0 Å². The average Bonchev–Trinajstić information content (AvgIpc) is 2.52. The molecule has 1 aromatic heterocycles. The summed E-state index contributed by atoms with van der Waals surface area (Å²) in [4.78, 5) is 5.71. The Balaban J connectivity index is 2.32. The summed E-state index contributed by atoms with van der Waals surface area (Å²) in [6.07, 6.45) is 9.57. The van der Waals surface area contributed by atoms with E-state index in [-0.39, 0.29) is 0 Å². The second kappa shape index (κ2) is 3.81. The predicted octanol–water partition coefficient (Wildman–Crippen LogP) is 3.36. The first kappa shape index (κ1) is 10.2. The lowest BCUT2D eigenvalue weighted by molar-refractivity contribution is 1.12. The van der Waals surface area contributed by atoms with Crippen molar-refractivity contribution in [3.05, 3.63) is 47.7 Å². The van der Waals surface area contributed by atoms with Gasteiger partial charge in [-0.25, -0.2) is 0 Å². The number of anilines is 1. The summed E-state index contributed by atoms with van der Waals surface area (Å²) in [5, 5.41) is 1.31. The van der Waals surface area contributed by atoms with Crippen LogP contribution in [0.5, 0.6) is 0 Å². The largest absolute Gasteiger partial charge is 0.376 e. The van der Waals surface area contributed by atoms with Crippen molar-refractivity contribution < 1.29 is 0 Å². The molecule has 1 N–H and O–H groups in total. The molecule has 17 heavy (non-hydrogen) atoms. The molecule has 1 aliphatic rings. The molecular formula is C15H16N2. The van der Waals surface area contributed by atoms with E-state index >= 15 is 0 Å². The van der Waals surface area contributed by atoms with Crippen molar-refractivity contribution in [2.24, 2.45) is 0 Å². The summed E-state index contributed by atoms with van der Waals surface area (Å²) in [5.41, 5.74) is 5.11. The van der Waals surface area contributed by atoms with E-state index in [1.54, 1.807) is 0 Å². The van der Waals surface area contributed by atoms with Gasteiger partial charge in [-0.3, -0.25) is 0 Å². The molecule has 0 atom stereocenters. The highest BCUT2D eigenvalue weighted by molar-refractivity contribution is 5.98. The van der Waals surface area contributed by atoms with Gasteiger partial charge in [0.05, 0.1) is 11.2 Å². The molecule has 0 aliphatic heterocycles. The van der Waals surface area contributed by atoms with Crippen LogP contribution in [0.4, 0.5) is 5.69 Å². The Kier molecular flexibility index (Phi) is 2.29. The van der Waals surface area contributed by atoms with Crippen LogP contribution in [-0.4, -0.2) is 19.1 Å². The molecule has 0 saturated heterocycles. The Hall–Kier alpha value is -1.96. The second-order valence-electron chi connectivity index (χ2n) is 4.60. The van der Waals surface area contributed by atoms with Gasteiger partial charge in [-0.05, 0) is 6.07 Å². The lowest BCUT2D eigenvalue weighted by Crippen LogP contribution is -2.08. The van der Waals surface area contributed by atoms with Crippen LogP contribution in [0.3, 0.4) is 0 Å². The molecule has 0 fully saturated rings. The van der Waals surface area contributed by atoms with Crippen molar-refractivity contribution in [1.82, 2.24) is 4.98 Å². The van der Waals surface area contributed by atoms with Crippen LogP contribution in [0.25, 0.3) is 17.0 Å². The third-order valence-corrected chi connectivity index (χ3v) is 3.25. The van der Waals surface area contributed by atoms with E-state index in [4.69, 9.17) is 0 Å². The van der Waals surface area contributed by atoms with Crippen molar-refractivity contribution >= 4 is 22.7 Å². The third kappa shape index (κ3) is 1.57. The molecule has 1 aromatic carbocycles. The number of allylic oxidation sites excluding steroid dienone is 3. The number of para-hydroxylation sites is 1. The van der Waals surface area contributed by atoms with E-state index in [0.717, 1.165) is 6.42 Å². The topological polar surface area (TPSA) is 19.0 Å². The fourth-order valence-electron chi connectivity index (χ4n) is 2.42. The first-order valence-corrected chi connectivity index (χ1v) is 5.91. The first-order chi connectivity index (χ1) is 8.27. The fourth-order valence-corrected chi connectivity index (χ4v) is 2.42. The van der Waals surface area contributed by atoms with Crippen LogP contribution in [-0.2, 0) is 6.42 Å². The van der Waals surface area contributed by atoms with E-state index in [9.17, 15) is 0 Å². The zero-order valence-corrected chi connectivity index (χ0v) is 10.2. The molecule has 0 amide bonds. The Morgan fingerprint density at radius 3 is 2.88 bits per heavy atom. The Morgan fingerprint density at radius 2 is 2.06 bits per heavy atom. The van der Waals surface area contributed by atoms with Crippen LogP contribution in [0.15, 0.2) is 36.4 Å². The minimum absolute atomic E-state index is 0.976. The zero-order valence-electron chi connectivity index (χ0n) is 10.2. The maximum Gasteiger partial charge on any atom is 0.0700 e. The first-order valence-electron chi connectivity index (χ1n) is 5.91. The molecule has 86 valence electrons. The molecule has 2 aromatic rings. The smallest absolute Gasteiger partial charge is 0.0700 e. The minimum Gasteiger partial charge on any atom is -0.376 e. The summed E-state index contributed by atoms with van der Waals surface area (Å²) in [6.45, 7) is 0. The maximum atomic E-state index is 3.56. The van der Waals surface area contributed by atoms with Crippen LogP contribution in [0.1, 0.15) is 11.3 Å². The normalized spacial score (nSPS) is 13.8. The summed E-state index contributed by atoms with van der Waals surface area (Å²) < 4.78 is 0. The van der Waals surface area contributed by atoms with Crippen molar-refractivity contribution in [3.8, 4) is 0 Å². The standard InChI is InChI=1S/C15H16N2/c1-17(2)14-10-6-8-12-11-7-4-3-5-9-13(11)16-15(12)14/h3-8,10,16H,9H2,1-2H3. The number of hydrogen-bond donors (Lipinski definition) is 1. The van der Waals surface area contributed by atoms with Gasteiger partial charge in [0.1, 0.15) is 0 Å². The number of nitrogens with one attached hydrogen (secondary N) is 1. The van der Waals surface area contributed by atoms with E-state index < -0.39 is 0 Å². The fraction of sp³-hybridized carbons (Fsp3) is 0.200. The summed E-state index contributed by atoms with van der Waals surface area (Å²) in [6, 6.07) is 6.46. The van der Waals surface area contributed by atoms with Gasteiger partial charge < -0.3 is 9.88 Å². The summed E-state index contributed by atoms with van der Waals surface area (Å²) in [5.74, 6) is 0. The highest BCUT2D eigenvalue weighted by atomic mass is 15.1. The van der Waals surface area contributed by atoms with Crippen molar-refractivity contribution in [2.75, 3.05) is 19.0 Å². The number of fused-ring (bicyclic) bond motifs is 3. The van der Waals surface area contributed by atoms with E-state index in [1.807, 2.05) is 0 Å². The predicted molar refractivity (Wildman–Crippen MR) is 74.5 cm³/mol. The Morgan fingerprint density at radius 1 is 1.18 bits per heavy atom. The molecule has 0 spiro atoms. The number of H-pyrrole nitrogens is 1. The van der Waals surface area contributed by atoms with Gasteiger partial charge in [0.2, 0.25) is 0 Å². The Bertz CT molecular complexity index is 615. The summed E-state index contributed by atoms with van der Waals surface area (Å²) >= 11 is 0. The minimum atomic E-state index is 0.976. The monoisotopic (exact) mass is 224 g/mol. The van der Waals surface area contributed by atoms with Gasteiger partial charge in [-0.2, -0.15) is 0 Å². The number of nitrogens with zero attached hydrogens (tertiary/aromatic N) is 1. The molecule has 2 nitrogen and oxygen atoms in total. The van der Waals surface area contributed by atoms with E-state index in [2.05, 4.69) is 66.5 Å². The van der Waals surface area contributed by atoms with Crippen molar-refractivity contribution in [3.63, 3.8) is 0 Å². The van der Waals surface area contributed by atoms with Crippen molar-refractivity contribution in [2.45, 2.75) is 6.42 Å². The number of aromatic nitrogens is 1. The van der Waals surface area contributed by atoms with Gasteiger partial charge in [-0.15, -0.1) is 0 Å².